The average Bonchev–Trinajstić information content (AvgIpc) is 3.02. The predicted molar refractivity (Wildman–Crippen MR) is 84.1 cm³/mol. The first-order chi connectivity index (χ1) is 12.3. The van der Waals surface area contributed by atoms with Gasteiger partial charge in [0.2, 0.25) is 5.82 Å². The van der Waals surface area contributed by atoms with Crippen molar-refractivity contribution in [3.05, 3.63) is 53.3 Å². The molecule has 0 saturated heterocycles. The molecule has 0 aliphatic heterocycles. The third-order valence-corrected chi connectivity index (χ3v) is 3.88. The third kappa shape index (κ3) is 3.73. The van der Waals surface area contributed by atoms with Gasteiger partial charge >= 0.3 is 6.18 Å². The Morgan fingerprint density at radius 2 is 1.73 bits per heavy atom. The first kappa shape index (κ1) is 18.0. The molecule has 0 aliphatic rings. The molecule has 0 amide bonds. The molecule has 2 aromatic heterocycles. The van der Waals surface area contributed by atoms with Crippen LogP contribution in [0.1, 0.15) is 36.2 Å². The smallest absolute Gasteiger partial charge is 0.368 e. The lowest BCUT2D eigenvalue weighted by Crippen LogP contribution is -2.13. The molecule has 0 radical (unpaired) electrons. The second kappa shape index (κ2) is 6.85. The number of benzene rings is 1. The summed E-state index contributed by atoms with van der Waals surface area (Å²) >= 11 is 0. The van der Waals surface area contributed by atoms with Gasteiger partial charge in [0.05, 0.1) is 5.56 Å². The van der Waals surface area contributed by atoms with Crippen molar-refractivity contribution in [2.24, 2.45) is 0 Å². The van der Waals surface area contributed by atoms with Gasteiger partial charge < -0.3 is 5.32 Å². The van der Waals surface area contributed by atoms with Crippen LogP contribution in [0.3, 0.4) is 0 Å². The highest BCUT2D eigenvalue weighted by molar-refractivity contribution is 5.44. The third-order valence-electron chi connectivity index (χ3n) is 3.88. The molecule has 0 aliphatic carbocycles. The summed E-state index contributed by atoms with van der Waals surface area (Å²) < 4.78 is 64.4. The molecule has 3 aromatic rings. The Morgan fingerprint density at radius 1 is 1.04 bits per heavy atom. The van der Waals surface area contributed by atoms with Crippen molar-refractivity contribution in [1.29, 1.82) is 0 Å². The van der Waals surface area contributed by atoms with Crippen molar-refractivity contribution in [3.63, 3.8) is 0 Å². The Bertz CT molecular complexity index is 888. The van der Waals surface area contributed by atoms with E-state index in [2.05, 4.69) is 20.6 Å². The molecule has 1 N–H and O–H groups in total. The number of alkyl halides is 5. The standard InChI is InChI=1S/C16H14F5N5/c1-9(10-2-4-11(5-3-10)16(19,20)21)8-22-12-6-7-13-23-24-15(14(17)18)26(13)25-12/h2-7,9,14H,8H2,1H3,(H,22,25). The van der Waals surface area contributed by atoms with Gasteiger partial charge in [0, 0.05) is 6.54 Å². The van der Waals surface area contributed by atoms with E-state index in [0.717, 1.165) is 16.6 Å². The summed E-state index contributed by atoms with van der Waals surface area (Å²) in [5.74, 6) is -0.345. The summed E-state index contributed by atoms with van der Waals surface area (Å²) in [6.45, 7) is 2.19. The van der Waals surface area contributed by atoms with Crippen LogP contribution in [0.4, 0.5) is 27.8 Å². The topological polar surface area (TPSA) is 55.1 Å². The molecule has 1 aromatic carbocycles. The molecule has 26 heavy (non-hydrogen) atoms. The second-order valence-electron chi connectivity index (χ2n) is 5.75. The fourth-order valence-electron chi connectivity index (χ4n) is 2.41. The number of hydrogen-bond acceptors (Lipinski definition) is 4. The highest BCUT2D eigenvalue weighted by Crippen LogP contribution is 2.30. The first-order valence-electron chi connectivity index (χ1n) is 7.67. The van der Waals surface area contributed by atoms with Crippen molar-refractivity contribution < 1.29 is 22.0 Å². The van der Waals surface area contributed by atoms with Crippen LogP contribution in [-0.4, -0.2) is 26.4 Å². The van der Waals surface area contributed by atoms with Crippen LogP contribution >= 0.6 is 0 Å². The van der Waals surface area contributed by atoms with Crippen LogP contribution < -0.4 is 5.32 Å². The number of aromatic nitrogens is 4. The zero-order valence-corrected chi connectivity index (χ0v) is 13.5. The molecule has 2 heterocycles. The Morgan fingerprint density at radius 3 is 2.35 bits per heavy atom. The van der Waals surface area contributed by atoms with E-state index in [1.807, 2.05) is 6.92 Å². The Labute approximate surface area is 144 Å². The predicted octanol–water partition coefficient (Wildman–Crippen LogP) is 4.30. The monoisotopic (exact) mass is 371 g/mol. The lowest BCUT2D eigenvalue weighted by Gasteiger charge is -2.15. The molecule has 0 fully saturated rings. The Kier molecular flexibility index (Phi) is 4.75. The van der Waals surface area contributed by atoms with Crippen LogP contribution in [0.15, 0.2) is 36.4 Å². The van der Waals surface area contributed by atoms with E-state index in [0.29, 0.717) is 17.9 Å². The molecule has 0 saturated carbocycles. The normalized spacial score (nSPS) is 13.3. The molecule has 5 nitrogen and oxygen atoms in total. The van der Waals surface area contributed by atoms with E-state index >= 15 is 0 Å². The number of fused-ring (bicyclic) bond motifs is 1. The minimum absolute atomic E-state index is 0.120. The number of halogens is 5. The van der Waals surface area contributed by atoms with Gasteiger partial charge in [-0.3, -0.25) is 0 Å². The first-order valence-corrected chi connectivity index (χ1v) is 7.67. The number of hydrogen-bond donors (Lipinski definition) is 1. The molecular weight excluding hydrogens is 357 g/mol. The van der Waals surface area contributed by atoms with Crippen molar-refractivity contribution in [2.45, 2.75) is 25.4 Å². The second-order valence-corrected chi connectivity index (χ2v) is 5.75. The molecule has 1 unspecified atom stereocenters. The van der Waals surface area contributed by atoms with Gasteiger partial charge in [0.25, 0.3) is 6.43 Å². The van der Waals surface area contributed by atoms with Gasteiger partial charge in [-0.25, -0.2) is 8.78 Å². The average molecular weight is 371 g/mol. The van der Waals surface area contributed by atoms with Crippen LogP contribution in [-0.2, 0) is 6.18 Å². The van der Waals surface area contributed by atoms with Crippen molar-refractivity contribution >= 4 is 11.5 Å². The SMILES string of the molecule is CC(CNc1ccc2nnc(C(F)F)n2n1)c1ccc(C(F)(F)F)cc1. The maximum atomic E-state index is 12.9. The summed E-state index contributed by atoms with van der Waals surface area (Å²) in [4.78, 5) is 0. The lowest BCUT2D eigenvalue weighted by molar-refractivity contribution is -0.137. The van der Waals surface area contributed by atoms with Crippen LogP contribution in [0, 0.1) is 0 Å². The summed E-state index contributed by atoms with van der Waals surface area (Å²) in [6.07, 6.45) is -7.18. The van der Waals surface area contributed by atoms with Gasteiger partial charge in [-0.15, -0.1) is 15.3 Å². The van der Waals surface area contributed by atoms with Crippen molar-refractivity contribution in [1.82, 2.24) is 19.8 Å². The zero-order valence-electron chi connectivity index (χ0n) is 13.5. The fourth-order valence-corrected chi connectivity index (χ4v) is 2.41. The summed E-state index contributed by atoms with van der Waals surface area (Å²) in [5.41, 5.74) is 0.200. The summed E-state index contributed by atoms with van der Waals surface area (Å²) in [7, 11) is 0. The summed E-state index contributed by atoms with van der Waals surface area (Å²) in [5, 5.41) is 14.0. The number of nitrogens with one attached hydrogen (secondary N) is 1. The highest BCUT2D eigenvalue weighted by atomic mass is 19.4. The molecule has 1 atom stereocenters. The molecule has 0 spiro atoms. The molecule has 138 valence electrons. The Hall–Kier alpha value is -2.78. The van der Waals surface area contributed by atoms with Gasteiger partial charge in [0.1, 0.15) is 5.82 Å². The van der Waals surface area contributed by atoms with Gasteiger partial charge in [-0.1, -0.05) is 19.1 Å². The maximum absolute atomic E-state index is 12.9. The lowest BCUT2D eigenvalue weighted by atomic mass is 9.99. The van der Waals surface area contributed by atoms with Gasteiger partial charge in [0.15, 0.2) is 5.65 Å². The summed E-state index contributed by atoms with van der Waals surface area (Å²) in [6, 6.07) is 7.96. The molecule has 3 rings (SSSR count). The highest BCUT2D eigenvalue weighted by Gasteiger charge is 2.30. The minimum atomic E-state index is -4.37. The van der Waals surface area contributed by atoms with E-state index in [1.165, 1.54) is 18.2 Å². The molecular formula is C16H14F5N5. The van der Waals surface area contributed by atoms with Crippen molar-refractivity contribution in [2.75, 3.05) is 11.9 Å². The van der Waals surface area contributed by atoms with E-state index in [9.17, 15) is 22.0 Å². The van der Waals surface area contributed by atoms with E-state index < -0.39 is 24.0 Å². The van der Waals surface area contributed by atoms with E-state index in [1.54, 1.807) is 6.07 Å². The van der Waals surface area contributed by atoms with Crippen molar-refractivity contribution in [3.8, 4) is 0 Å². The molecule has 10 heteroatoms. The quantitative estimate of drug-likeness (QED) is 0.680. The van der Waals surface area contributed by atoms with Crippen LogP contribution in [0.25, 0.3) is 5.65 Å². The van der Waals surface area contributed by atoms with Crippen LogP contribution in [0.2, 0.25) is 0 Å². The maximum Gasteiger partial charge on any atom is 0.416 e. The molecule has 0 bridgehead atoms. The number of rotatable bonds is 5. The largest absolute Gasteiger partial charge is 0.416 e. The number of anilines is 1. The van der Waals surface area contributed by atoms with Gasteiger partial charge in [-0.05, 0) is 35.7 Å². The number of nitrogens with zero attached hydrogens (tertiary/aromatic N) is 4. The Balaban J connectivity index is 1.70. The zero-order chi connectivity index (χ0) is 18.9. The van der Waals surface area contributed by atoms with E-state index in [-0.39, 0.29) is 11.6 Å². The van der Waals surface area contributed by atoms with E-state index in [4.69, 9.17) is 0 Å². The fraction of sp³-hybridized carbons (Fsp3) is 0.312. The van der Waals surface area contributed by atoms with Gasteiger partial charge in [-0.2, -0.15) is 17.7 Å². The minimum Gasteiger partial charge on any atom is -0.368 e. The van der Waals surface area contributed by atoms with Crippen LogP contribution in [0.5, 0.6) is 0 Å².